The zero-order chi connectivity index (χ0) is 46.6. The zero-order valence-electron chi connectivity index (χ0n) is 37.5. The van der Waals surface area contributed by atoms with E-state index in [0.717, 1.165) is 66.8 Å². The summed E-state index contributed by atoms with van der Waals surface area (Å²) in [4.78, 5) is 36.8. The average molecular weight is 883 g/mol. The van der Waals surface area contributed by atoms with E-state index >= 15 is 0 Å². The molecule has 7 rings (SSSR count). The first-order valence-corrected chi connectivity index (χ1v) is 22.3. The molecule has 0 saturated carbocycles. The number of carbonyl (C=O) groups is 3. The second kappa shape index (κ2) is 21.8. The van der Waals surface area contributed by atoms with Gasteiger partial charge in [0.15, 0.2) is 0 Å². The summed E-state index contributed by atoms with van der Waals surface area (Å²) >= 11 is 0. The first-order chi connectivity index (χ1) is 32.0. The summed E-state index contributed by atoms with van der Waals surface area (Å²) in [5.41, 5.74) is 12.8. The monoisotopic (exact) mass is 882 g/mol. The molecule has 0 spiro atoms. The highest BCUT2D eigenvalue weighted by Gasteiger charge is 2.15. The van der Waals surface area contributed by atoms with Crippen LogP contribution in [0.15, 0.2) is 146 Å². The predicted molar refractivity (Wildman–Crippen MR) is 256 cm³/mol. The van der Waals surface area contributed by atoms with E-state index in [-0.39, 0.29) is 54.4 Å². The Kier molecular flexibility index (Phi) is 15.3. The van der Waals surface area contributed by atoms with Gasteiger partial charge < -0.3 is 29.5 Å². The van der Waals surface area contributed by atoms with Crippen molar-refractivity contribution in [2.45, 2.75) is 59.3 Å². The number of esters is 3. The van der Waals surface area contributed by atoms with Crippen LogP contribution in [0.5, 0.6) is 17.2 Å². The molecule has 0 aromatic heterocycles. The maximum absolute atomic E-state index is 12.3. The van der Waals surface area contributed by atoms with Crippen LogP contribution in [0.25, 0.3) is 33.4 Å². The smallest absolute Gasteiger partial charge is 0.310 e. The van der Waals surface area contributed by atoms with E-state index in [4.69, 9.17) is 14.2 Å². The SMILES string of the molecule is CCOC(=O)Cc1cccc(-c2cc(Cc3cc(Cc4ccc(O)c(-c5cccc(CC(=O)OCC)c5)c4)cc(Cc4ccc(O)c(-c5cccc(CC(=O)OCC)c5)c4)c3)ccc2O)c1. The van der Waals surface area contributed by atoms with Crippen molar-refractivity contribution in [2.24, 2.45) is 0 Å². The Hall–Kier alpha value is -7.65. The molecule has 9 nitrogen and oxygen atoms in total. The zero-order valence-corrected chi connectivity index (χ0v) is 37.5. The van der Waals surface area contributed by atoms with Crippen molar-refractivity contribution in [1.29, 1.82) is 0 Å². The molecule has 0 atom stereocenters. The van der Waals surface area contributed by atoms with Crippen LogP contribution in [-0.2, 0) is 67.1 Å². The van der Waals surface area contributed by atoms with E-state index in [1.54, 1.807) is 39.0 Å². The Morgan fingerprint density at radius 3 is 0.909 bits per heavy atom. The minimum Gasteiger partial charge on any atom is -0.507 e. The number of hydrogen-bond acceptors (Lipinski definition) is 9. The molecule has 9 heteroatoms. The van der Waals surface area contributed by atoms with Crippen molar-refractivity contribution in [3.05, 3.63) is 196 Å². The van der Waals surface area contributed by atoms with Gasteiger partial charge in [0.2, 0.25) is 0 Å². The predicted octanol–water partition coefficient (Wildman–Crippen LogP) is 10.9. The Labute approximate surface area is 385 Å². The molecule has 0 saturated heterocycles. The van der Waals surface area contributed by atoms with Gasteiger partial charge in [0.1, 0.15) is 17.2 Å². The molecule has 0 radical (unpaired) electrons. The molecule has 7 aromatic rings. The van der Waals surface area contributed by atoms with Crippen LogP contribution >= 0.6 is 0 Å². The lowest BCUT2D eigenvalue weighted by atomic mass is 9.91. The van der Waals surface area contributed by atoms with Gasteiger partial charge in [-0.2, -0.15) is 0 Å². The van der Waals surface area contributed by atoms with Crippen LogP contribution in [0, 0.1) is 0 Å². The molecule has 7 aromatic carbocycles. The summed E-state index contributed by atoms with van der Waals surface area (Å²) in [6, 6.07) is 46.0. The van der Waals surface area contributed by atoms with E-state index in [2.05, 4.69) is 18.2 Å². The first-order valence-electron chi connectivity index (χ1n) is 22.3. The summed E-state index contributed by atoms with van der Waals surface area (Å²) < 4.78 is 15.5. The number of carbonyl (C=O) groups excluding carboxylic acids is 3. The van der Waals surface area contributed by atoms with Gasteiger partial charge >= 0.3 is 17.9 Å². The molecule has 66 heavy (non-hydrogen) atoms. The summed E-state index contributed by atoms with van der Waals surface area (Å²) in [7, 11) is 0. The highest BCUT2D eigenvalue weighted by atomic mass is 16.5. The Morgan fingerprint density at radius 2 is 0.636 bits per heavy atom. The highest BCUT2D eigenvalue weighted by molar-refractivity contribution is 5.78. The first kappa shape index (κ1) is 46.3. The largest absolute Gasteiger partial charge is 0.507 e. The van der Waals surface area contributed by atoms with E-state index in [0.29, 0.717) is 55.8 Å². The van der Waals surface area contributed by atoms with Crippen molar-refractivity contribution in [3.8, 4) is 50.6 Å². The average Bonchev–Trinajstić information content (AvgIpc) is 3.29. The second-order valence-corrected chi connectivity index (χ2v) is 16.3. The molecule has 3 N–H and O–H groups in total. The number of ether oxygens (including phenoxy) is 3. The summed E-state index contributed by atoms with van der Waals surface area (Å²) in [6.07, 6.45) is 2.06. The van der Waals surface area contributed by atoms with Gasteiger partial charge in [0, 0.05) is 16.7 Å². The molecule has 0 fully saturated rings. The summed E-state index contributed by atoms with van der Waals surface area (Å²) in [6.45, 7) is 6.25. The fraction of sp³-hybridized carbons (Fsp3) is 0.211. The van der Waals surface area contributed by atoms with Crippen molar-refractivity contribution in [1.82, 2.24) is 0 Å². The lowest BCUT2D eigenvalue weighted by Gasteiger charge is -2.14. The number of phenolic OH excluding ortho intramolecular Hbond substituents is 3. The fourth-order valence-corrected chi connectivity index (χ4v) is 8.31. The van der Waals surface area contributed by atoms with Crippen molar-refractivity contribution < 1.29 is 43.9 Å². The number of benzene rings is 7. The molecular formula is C57H54O9. The van der Waals surface area contributed by atoms with Gasteiger partial charge in [-0.3, -0.25) is 14.4 Å². The van der Waals surface area contributed by atoms with Crippen LogP contribution in [0.3, 0.4) is 0 Å². The van der Waals surface area contributed by atoms with Gasteiger partial charge in [-0.25, -0.2) is 0 Å². The third-order valence-corrected chi connectivity index (χ3v) is 11.2. The molecule has 0 bridgehead atoms. The van der Waals surface area contributed by atoms with Gasteiger partial charge in [-0.05, 0) is 143 Å². The van der Waals surface area contributed by atoms with Crippen molar-refractivity contribution in [3.63, 3.8) is 0 Å². The standard InChI is InChI=1S/C57H54O9/c1-4-64-55(61)34-37-10-7-13-46(28-37)49-31-40(16-19-52(49)58)22-43-25-44(23-41-17-20-53(59)50(32-41)47-14-8-11-38(29-47)35-56(62)65-5-2)27-45(26-43)24-42-18-21-54(60)51(33-42)48-15-9-12-39(30-48)36-57(63)66-6-3/h7-21,25-33,58-60H,4-6,22-24,34-36H2,1-3H3. The fourth-order valence-electron chi connectivity index (χ4n) is 8.31. The number of aromatic hydroxyl groups is 3. The molecular weight excluding hydrogens is 829 g/mol. The van der Waals surface area contributed by atoms with Crippen LogP contribution in [0.2, 0.25) is 0 Å². The van der Waals surface area contributed by atoms with Gasteiger partial charge in [-0.15, -0.1) is 0 Å². The molecule has 0 aliphatic rings. The van der Waals surface area contributed by atoms with Gasteiger partial charge in [0.05, 0.1) is 39.1 Å². The van der Waals surface area contributed by atoms with Gasteiger partial charge in [-0.1, -0.05) is 109 Å². The maximum Gasteiger partial charge on any atom is 0.310 e. The minimum absolute atomic E-state index is 0.130. The molecule has 0 aliphatic carbocycles. The minimum atomic E-state index is -0.309. The van der Waals surface area contributed by atoms with Crippen LogP contribution < -0.4 is 0 Å². The summed E-state index contributed by atoms with van der Waals surface area (Å²) in [5, 5.41) is 33.2. The Bertz CT molecular complexity index is 2540. The lowest BCUT2D eigenvalue weighted by molar-refractivity contribution is -0.143. The van der Waals surface area contributed by atoms with E-state index in [1.165, 1.54) is 0 Å². The van der Waals surface area contributed by atoms with Crippen LogP contribution in [0.1, 0.15) is 70.8 Å². The van der Waals surface area contributed by atoms with E-state index in [9.17, 15) is 29.7 Å². The van der Waals surface area contributed by atoms with E-state index in [1.807, 2.05) is 109 Å². The lowest BCUT2D eigenvalue weighted by Crippen LogP contribution is -2.07. The summed E-state index contributed by atoms with van der Waals surface area (Å²) in [5.74, 6) is -0.538. The van der Waals surface area contributed by atoms with Crippen LogP contribution in [-0.4, -0.2) is 53.0 Å². The van der Waals surface area contributed by atoms with Crippen molar-refractivity contribution in [2.75, 3.05) is 19.8 Å². The molecule has 336 valence electrons. The Morgan fingerprint density at radius 1 is 0.348 bits per heavy atom. The molecule has 0 aliphatic heterocycles. The molecule has 0 heterocycles. The Balaban J connectivity index is 1.22. The molecule has 0 amide bonds. The number of phenols is 3. The topological polar surface area (TPSA) is 140 Å². The quantitative estimate of drug-likeness (QED) is 0.0568. The third kappa shape index (κ3) is 12.3. The maximum atomic E-state index is 12.3. The second-order valence-electron chi connectivity index (χ2n) is 16.3. The van der Waals surface area contributed by atoms with E-state index < -0.39 is 0 Å². The van der Waals surface area contributed by atoms with Crippen molar-refractivity contribution >= 4 is 17.9 Å². The number of rotatable bonds is 18. The molecule has 0 unspecified atom stereocenters. The van der Waals surface area contributed by atoms with Gasteiger partial charge in [0.25, 0.3) is 0 Å². The highest BCUT2D eigenvalue weighted by Crippen LogP contribution is 2.35. The normalized spacial score (nSPS) is 11.0. The third-order valence-electron chi connectivity index (χ3n) is 11.2. The van der Waals surface area contributed by atoms with Crippen LogP contribution in [0.4, 0.5) is 0 Å². The number of hydrogen-bond donors (Lipinski definition) is 3.